The molecule has 1 aromatic rings. The Kier molecular flexibility index (Phi) is 4.87. The SMILES string of the molecule is NCC(c1cccnc1)N(CC(N)=O)C1CCCC1. The second-order valence-electron chi connectivity index (χ2n) is 5.11. The zero-order valence-corrected chi connectivity index (χ0v) is 11.2. The molecule has 1 atom stereocenters. The smallest absolute Gasteiger partial charge is 0.231 e. The maximum absolute atomic E-state index is 11.3. The van der Waals surface area contributed by atoms with E-state index in [4.69, 9.17) is 11.5 Å². The number of carbonyl (C=O) groups excluding carboxylic acids is 1. The molecule has 0 aliphatic heterocycles. The summed E-state index contributed by atoms with van der Waals surface area (Å²) in [5, 5.41) is 0. The summed E-state index contributed by atoms with van der Waals surface area (Å²) in [5.74, 6) is -0.297. The Labute approximate surface area is 114 Å². The fraction of sp³-hybridized carbons (Fsp3) is 0.571. The fourth-order valence-corrected chi connectivity index (χ4v) is 2.95. The topological polar surface area (TPSA) is 85.2 Å². The van der Waals surface area contributed by atoms with Crippen molar-refractivity contribution in [3.05, 3.63) is 30.1 Å². The number of primary amides is 1. The molecule has 2 rings (SSSR count). The van der Waals surface area contributed by atoms with Crippen LogP contribution in [0.5, 0.6) is 0 Å². The number of hydrogen-bond acceptors (Lipinski definition) is 4. The van der Waals surface area contributed by atoms with Crippen LogP contribution in [0.15, 0.2) is 24.5 Å². The van der Waals surface area contributed by atoms with Gasteiger partial charge in [0.1, 0.15) is 0 Å². The Morgan fingerprint density at radius 1 is 1.47 bits per heavy atom. The van der Waals surface area contributed by atoms with Crippen LogP contribution in [0, 0.1) is 0 Å². The first-order valence-corrected chi connectivity index (χ1v) is 6.86. The highest BCUT2D eigenvalue weighted by Gasteiger charge is 2.30. The molecule has 1 aliphatic rings. The van der Waals surface area contributed by atoms with Gasteiger partial charge in [-0.25, -0.2) is 0 Å². The van der Waals surface area contributed by atoms with Gasteiger partial charge in [-0.15, -0.1) is 0 Å². The van der Waals surface area contributed by atoms with Gasteiger partial charge in [0.15, 0.2) is 0 Å². The summed E-state index contributed by atoms with van der Waals surface area (Å²) >= 11 is 0. The molecule has 0 bridgehead atoms. The minimum atomic E-state index is -0.297. The predicted octanol–water partition coefficient (Wildman–Crippen LogP) is 0.811. The average Bonchev–Trinajstić information content (AvgIpc) is 2.93. The number of pyridine rings is 1. The van der Waals surface area contributed by atoms with Crippen LogP contribution in [0.1, 0.15) is 37.3 Å². The predicted molar refractivity (Wildman–Crippen MR) is 74.2 cm³/mol. The maximum Gasteiger partial charge on any atom is 0.231 e. The number of hydrogen-bond donors (Lipinski definition) is 2. The van der Waals surface area contributed by atoms with Crippen LogP contribution in [0.4, 0.5) is 0 Å². The quantitative estimate of drug-likeness (QED) is 0.794. The molecule has 1 fully saturated rings. The highest BCUT2D eigenvalue weighted by atomic mass is 16.1. The van der Waals surface area contributed by atoms with Crippen molar-refractivity contribution in [2.24, 2.45) is 11.5 Å². The van der Waals surface area contributed by atoms with Gasteiger partial charge in [0, 0.05) is 31.0 Å². The summed E-state index contributed by atoms with van der Waals surface area (Å²) in [7, 11) is 0. The summed E-state index contributed by atoms with van der Waals surface area (Å²) in [6.45, 7) is 0.733. The van der Waals surface area contributed by atoms with Gasteiger partial charge in [0.25, 0.3) is 0 Å². The molecule has 1 amide bonds. The molecule has 1 aromatic heterocycles. The molecular formula is C14H22N4O. The Hall–Kier alpha value is -1.46. The molecule has 1 saturated carbocycles. The van der Waals surface area contributed by atoms with Gasteiger partial charge in [-0.05, 0) is 24.5 Å². The van der Waals surface area contributed by atoms with Crippen LogP contribution in [-0.4, -0.2) is 34.9 Å². The molecule has 0 spiro atoms. The summed E-state index contributed by atoms with van der Waals surface area (Å²) in [5.41, 5.74) is 12.4. The zero-order valence-electron chi connectivity index (χ0n) is 11.2. The third-order valence-electron chi connectivity index (χ3n) is 3.82. The van der Waals surface area contributed by atoms with E-state index in [0.29, 0.717) is 12.6 Å². The molecule has 5 heteroatoms. The molecule has 104 valence electrons. The highest BCUT2D eigenvalue weighted by Crippen LogP contribution is 2.30. The molecule has 1 unspecified atom stereocenters. The summed E-state index contributed by atoms with van der Waals surface area (Å²) in [6.07, 6.45) is 8.22. The van der Waals surface area contributed by atoms with Crippen molar-refractivity contribution in [2.45, 2.75) is 37.8 Å². The van der Waals surface area contributed by atoms with Gasteiger partial charge in [-0.2, -0.15) is 0 Å². The largest absolute Gasteiger partial charge is 0.369 e. The first kappa shape index (κ1) is 14.0. The Morgan fingerprint density at radius 3 is 2.74 bits per heavy atom. The molecule has 19 heavy (non-hydrogen) atoms. The van der Waals surface area contributed by atoms with Crippen LogP contribution in [-0.2, 0) is 4.79 Å². The lowest BCUT2D eigenvalue weighted by atomic mass is 10.0. The second kappa shape index (κ2) is 6.63. The monoisotopic (exact) mass is 262 g/mol. The van der Waals surface area contributed by atoms with E-state index >= 15 is 0 Å². The van der Waals surface area contributed by atoms with Crippen LogP contribution < -0.4 is 11.5 Å². The van der Waals surface area contributed by atoms with E-state index in [2.05, 4.69) is 9.88 Å². The van der Waals surface area contributed by atoms with E-state index in [0.717, 1.165) is 18.4 Å². The minimum Gasteiger partial charge on any atom is -0.369 e. The van der Waals surface area contributed by atoms with Crippen molar-refractivity contribution in [3.63, 3.8) is 0 Å². The van der Waals surface area contributed by atoms with Gasteiger partial charge in [0.05, 0.1) is 6.54 Å². The van der Waals surface area contributed by atoms with Crippen molar-refractivity contribution in [1.82, 2.24) is 9.88 Å². The maximum atomic E-state index is 11.3. The summed E-state index contributed by atoms with van der Waals surface area (Å²) in [6, 6.07) is 4.33. The van der Waals surface area contributed by atoms with Crippen molar-refractivity contribution in [3.8, 4) is 0 Å². The summed E-state index contributed by atoms with van der Waals surface area (Å²) < 4.78 is 0. The number of nitrogens with two attached hydrogens (primary N) is 2. The van der Waals surface area contributed by atoms with Gasteiger partial charge in [0.2, 0.25) is 5.91 Å². The van der Waals surface area contributed by atoms with E-state index in [-0.39, 0.29) is 18.5 Å². The zero-order chi connectivity index (χ0) is 13.7. The first-order valence-electron chi connectivity index (χ1n) is 6.86. The molecule has 0 aromatic carbocycles. The van der Waals surface area contributed by atoms with Crippen LogP contribution in [0.3, 0.4) is 0 Å². The second-order valence-corrected chi connectivity index (χ2v) is 5.11. The normalized spacial score (nSPS) is 17.8. The lowest BCUT2D eigenvalue weighted by molar-refractivity contribution is -0.120. The van der Waals surface area contributed by atoms with E-state index < -0.39 is 0 Å². The molecular weight excluding hydrogens is 240 g/mol. The van der Waals surface area contributed by atoms with Crippen LogP contribution in [0.2, 0.25) is 0 Å². The fourth-order valence-electron chi connectivity index (χ4n) is 2.95. The standard InChI is InChI=1S/C14H22N4O/c15-8-13(11-4-3-7-17-9-11)18(10-14(16)19)12-5-1-2-6-12/h3-4,7,9,12-13H,1-2,5-6,8,10,15H2,(H2,16,19). The van der Waals surface area contributed by atoms with E-state index in [9.17, 15) is 4.79 Å². The van der Waals surface area contributed by atoms with Gasteiger partial charge >= 0.3 is 0 Å². The van der Waals surface area contributed by atoms with E-state index in [1.54, 1.807) is 6.20 Å². The van der Waals surface area contributed by atoms with Crippen molar-refractivity contribution < 1.29 is 4.79 Å². The number of nitrogens with zero attached hydrogens (tertiary/aromatic N) is 2. The molecule has 4 N–H and O–H groups in total. The number of amides is 1. The molecule has 1 heterocycles. The van der Waals surface area contributed by atoms with Gasteiger partial charge in [-0.3, -0.25) is 14.7 Å². The lowest BCUT2D eigenvalue weighted by Gasteiger charge is -2.35. The lowest BCUT2D eigenvalue weighted by Crippen LogP contribution is -2.44. The molecule has 1 aliphatic carbocycles. The third kappa shape index (κ3) is 3.52. The van der Waals surface area contributed by atoms with Crippen molar-refractivity contribution >= 4 is 5.91 Å². The van der Waals surface area contributed by atoms with Crippen molar-refractivity contribution in [2.75, 3.05) is 13.1 Å². The van der Waals surface area contributed by atoms with Crippen molar-refractivity contribution in [1.29, 1.82) is 0 Å². The van der Waals surface area contributed by atoms with Crippen LogP contribution >= 0.6 is 0 Å². The number of carbonyl (C=O) groups is 1. The molecule has 0 saturated heterocycles. The Bertz CT molecular complexity index is 403. The Morgan fingerprint density at radius 2 is 2.21 bits per heavy atom. The number of rotatable bonds is 6. The third-order valence-corrected chi connectivity index (χ3v) is 3.82. The Balaban J connectivity index is 2.21. The summed E-state index contributed by atoms with van der Waals surface area (Å²) in [4.78, 5) is 17.6. The van der Waals surface area contributed by atoms with Gasteiger partial charge in [-0.1, -0.05) is 18.9 Å². The minimum absolute atomic E-state index is 0.0179. The van der Waals surface area contributed by atoms with E-state index in [1.807, 2.05) is 18.3 Å². The van der Waals surface area contributed by atoms with E-state index in [1.165, 1.54) is 12.8 Å². The van der Waals surface area contributed by atoms with Crippen LogP contribution in [0.25, 0.3) is 0 Å². The number of aromatic nitrogens is 1. The molecule has 5 nitrogen and oxygen atoms in total. The van der Waals surface area contributed by atoms with Gasteiger partial charge < -0.3 is 11.5 Å². The average molecular weight is 262 g/mol. The first-order chi connectivity index (χ1) is 9.22. The highest BCUT2D eigenvalue weighted by molar-refractivity contribution is 5.76. The molecule has 0 radical (unpaired) electrons.